The summed E-state index contributed by atoms with van der Waals surface area (Å²) in [5.74, 6) is 0.0927. The molecule has 38 heavy (non-hydrogen) atoms. The van der Waals surface area contributed by atoms with Crippen LogP contribution in [-0.4, -0.2) is 31.3 Å². The van der Waals surface area contributed by atoms with Crippen molar-refractivity contribution in [3.05, 3.63) is 113 Å². The van der Waals surface area contributed by atoms with Crippen molar-refractivity contribution in [2.24, 2.45) is 5.10 Å². The Kier molecular flexibility index (Phi) is 8.74. The minimum absolute atomic E-state index is 0.221. The highest BCUT2D eigenvalue weighted by atomic mass is 35.5. The molecule has 1 amide bonds. The van der Waals surface area contributed by atoms with Crippen molar-refractivity contribution in [1.82, 2.24) is 5.43 Å². The Morgan fingerprint density at radius 3 is 2.26 bits per heavy atom. The molecule has 192 valence electrons. The van der Waals surface area contributed by atoms with E-state index in [1.165, 1.54) is 13.3 Å². The van der Waals surface area contributed by atoms with Gasteiger partial charge in [0.2, 0.25) is 0 Å². The van der Waals surface area contributed by atoms with Crippen LogP contribution in [0.1, 0.15) is 22.8 Å². The monoisotopic (exact) mass is 528 g/mol. The van der Waals surface area contributed by atoms with Crippen molar-refractivity contribution in [2.75, 3.05) is 7.11 Å². The molecule has 1 atom stereocenters. The van der Waals surface area contributed by atoms with Gasteiger partial charge in [-0.15, -0.1) is 0 Å². The fraction of sp³-hybridized carbons (Fsp3) is 0.100. The normalized spacial score (nSPS) is 11.6. The van der Waals surface area contributed by atoms with Crippen LogP contribution in [0, 0.1) is 0 Å². The summed E-state index contributed by atoms with van der Waals surface area (Å²) in [5.41, 5.74) is 5.48. The molecule has 1 N–H and O–H groups in total. The first-order chi connectivity index (χ1) is 18.4. The van der Waals surface area contributed by atoms with Crippen molar-refractivity contribution in [1.29, 1.82) is 0 Å². The van der Waals surface area contributed by atoms with Gasteiger partial charge in [0, 0.05) is 0 Å². The highest BCUT2D eigenvalue weighted by Crippen LogP contribution is 2.29. The zero-order valence-corrected chi connectivity index (χ0v) is 21.5. The van der Waals surface area contributed by atoms with E-state index in [-0.39, 0.29) is 11.3 Å². The molecule has 0 aliphatic carbocycles. The lowest BCUT2D eigenvalue weighted by Crippen LogP contribution is -2.33. The largest absolute Gasteiger partial charge is 0.493 e. The molecule has 0 heterocycles. The Morgan fingerprint density at radius 1 is 0.868 bits per heavy atom. The maximum atomic E-state index is 12.5. The van der Waals surface area contributed by atoms with Crippen LogP contribution in [0.5, 0.6) is 17.2 Å². The fourth-order valence-corrected chi connectivity index (χ4v) is 3.72. The van der Waals surface area contributed by atoms with Crippen molar-refractivity contribution in [3.8, 4) is 28.4 Å². The Hall–Kier alpha value is -4.62. The molecule has 0 saturated heterocycles. The summed E-state index contributed by atoms with van der Waals surface area (Å²) < 4.78 is 16.5. The average molecular weight is 529 g/mol. The van der Waals surface area contributed by atoms with E-state index in [0.29, 0.717) is 22.1 Å². The van der Waals surface area contributed by atoms with Gasteiger partial charge >= 0.3 is 5.97 Å². The third-order valence-electron chi connectivity index (χ3n) is 5.52. The summed E-state index contributed by atoms with van der Waals surface area (Å²) in [5, 5.41) is 4.29. The van der Waals surface area contributed by atoms with E-state index in [0.717, 1.165) is 11.1 Å². The number of halogens is 1. The topological polar surface area (TPSA) is 86.2 Å². The summed E-state index contributed by atoms with van der Waals surface area (Å²) in [6, 6.07) is 29.0. The van der Waals surface area contributed by atoms with Crippen LogP contribution >= 0.6 is 11.6 Å². The molecule has 0 spiro atoms. The molecule has 7 nitrogen and oxygen atoms in total. The van der Waals surface area contributed by atoms with Gasteiger partial charge in [-0.05, 0) is 66.1 Å². The minimum Gasteiger partial charge on any atom is -0.493 e. The van der Waals surface area contributed by atoms with Gasteiger partial charge in [0.25, 0.3) is 5.91 Å². The van der Waals surface area contributed by atoms with Gasteiger partial charge in [-0.2, -0.15) is 5.10 Å². The third kappa shape index (κ3) is 6.78. The lowest BCUT2D eigenvalue weighted by molar-refractivity contribution is -0.127. The van der Waals surface area contributed by atoms with Crippen LogP contribution in [0.15, 0.2) is 102 Å². The van der Waals surface area contributed by atoms with E-state index in [1.54, 1.807) is 49.4 Å². The number of nitrogens with one attached hydrogen (secondary N) is 1. The molecule has 0 fully saturated rings. The number of carbonyl (C=O) groups is 2. The van der Waals surface area contributed by atoms with Crippen LogP contribution < -0.4 is 19.6 Å². The number of hydrogen-bond acceptors (Lipinski definition) is 6. The van der Waals surface area contributed by atoms with Crippen molar-refractivity contribution in [3.63, 3.8) is 0 Å². The number of hydrazone groups is 1. The zero-order valence-electron chi connectivity index (χ0n) is 20.8. The van der Waals surface area contributed by atoms with Gasteiger partial charge < -0.3 is 14.2 Å². The predicted octanol–water partition coefficient (Wildman–Crippen LogP) is 6.15. The fourth-order valence-electron chi connectivity index (χ4n) is 3.51. The molecule has 4 aromatic rings. The molecular weight excluding hydrogens is 504 g/mol. The van der Waals surface area contributed by atoms with E-state index in [2.05, 4.69) is 10.5 Å². The minimum atomic E-state index is -0.768. The first-order valence-electron chi connectivity index (χ1n) is 11.7. The number of esters is 1. The SMILES string of the molecule is COc1cc(/C=N\NC(=O)[C@H](C)Oc2ccc(-c3ccccc3)cc2)ccc1OC(=O)c1ccccc1Cl. The van der Waals surface area contributed by atoms with Crippen LogP contribution in [0.2, 0.25) is 5.02 Å². The summed E-state index contributed by atoms with van der Waals surface area (Å²) in [6.45, 7) is 1.64. The smallest absolute Gasteiger partial charge is 0.345 e. The van der Waals surface area contributed by atoms with Crippen molar-refractivity contribution in [2.45, 2.75) is 13.0 Å². The Morgan fingerprint density at radius 2 is 1.55 bits per heavy atom. The Labute approximate surface area is 225 Å². The van der Waals surface area contributed by atoms with Crippen LogP contribution in [-0.2, 0) is 4.79 Å². The number of carbonyl (C=O) groups excluding carboxylic acids is 2. The van der Waals surface area contributed by atoms with E-state index < -0.39 is 18.0 Å². The summed E-state index contributed by atoms with van der Waals surface area (Å²) >= 11 is 6.07. The standard InChI is InChI=1S/C30H25ClN2O5/c1-20(37-24-15-13-23(14-16-24)22-8-4-3-5-9-22)29(34)33-32-19-21-12-17-27(28(18-21)36-2)38-30(35)25-10-6-7-11-26(25)31/h3-20H,1-2H3,(H,33,34)/b32-19-/t20-/m0/s1. The summed E-state index contributed by atoms with van der Waals surface area (Å²) in [4.78, 5) is 24.9. The predicted molar refractivity (Wildman–Crippen MR) is 147 cm³/mol. The third-order valence-corrected chi connectivity index (χ3v) is 5.85. The lowest BCUT2D eigenvalue weighted by Gasteiger charge is -2.13. The van der Waals surface area contributed by atoms with E-state index in [4.69, 9.17) is 25.8 Å². The maximum Gasteiger partial charge on any atom is 0.345 e. The van der Waals surface area contributed by atoms with Gasteiger partial charge in [-0.25, -0.2) is 10.2 Å². The first-order valence-corrected chi connectivity index (χ1v) is 12.1. The Bertz CT molecular complexity index is 1440. The number of nitrogens with zero attached hydrogens (tertiary/aromatic N) is 1. The molecule has 4 aromatic carbocycles. The number of amides is 1. The van der Waals surface area contributed by atoms with E-state index in [9.17, 15) is 9.59 Å². The quantitative estimate of drug-likeness (QED) is 0.122. The number of ether oxygens (including phenoxy) is 3. The molecule has 0 aliphatic heterocycles. The summed E-state index contributed by atoms with van der Waals surface area (Å²) in [6.07, 6.45) is 0.678. The zero-order chi connectivity index (χ0) is 26.9. The molecule has 0 aromatic heterocycles. The van der Waals surface area contributed by atoms with Crippen LogP contribution in [0.4, 0.5) is 0 Å². The van der Waals surface area contributed by atoms with Crippen molar-refractivity contribution < 1.29 is 23.8 Å². The molecule has 0 aliphatic rings. The second-order valence-corrected chi connectivity index (χ2v) is 8.57. The number of rotatable bonds is 9. The van der Waals surface area contributed by atoms with Crippen LogP contribution in [0.25, 0.3) is 11.1 Å². The lowest BCUT2D eigenvalue weighted by atomic mass is 10.1. The number of methoxy groups -OCH3 is 1. The number of benzene rings is 4. The Balaban J connectivity index is 1.32. The van der Waals surface area contributed by atoms with E-state index in [1.807, 2.05) is 54.6 Å². The average Bonchev–Trinajstić information content (AvgIpc) is 2.94. The second kappa shape index (κ2) is 12.6. The molecular formula is C30H25ClN2O5. The van der Waals surface area contributed by atoms with Gasteiger partial charge in [-0.1, -0.05) is 66.2 Å². The number of hydrogen-bond donors (Lipinski definition) is 1. The molecule has 0 bridgehead atoms. The summed E-state index contributed by atoms with van der Waals surface area (Å²) in [7, 11) is 1.45. The first kappa shape index (κ1) is 26.4. The molecule has 8 heteroatoms. The molecule has 4 rings (SSSR count). The molecule has 0 unspecified atom stereocenters. The van der Waals surface area contributed by atoms with Gasteiger partial charge in [-0.3, -0.25) is 4.79 Å². The van der Waals surface area contributed by atoms with Gasteiger partial charge in [0.1, 0.15) is 5.75 Å². The van der Waals surface area contributed by atoms with Crippen molar-refractivity contribution >= 4 is 29.7 Å². The van der Waals surface area contributed by atoms with Gasteiger partial charge in [0.05, 0.1) is 23.9 Å². The van der Waals surface area contributed by atoms with E-state index >= 15 is 0 Å². The molecule has 0 radical (unpaired) electrons. The van der Waals surface area contributed by atoms with Gasteiger partial charge in [0.15, 0.2) is 17.6 Å². The highest BCUT2D eigenvalue weighted by Gasteiger charge is 2.16. The maximum absolute atomic E-state index is 12.5. The molecule has 0 saturated carbocycles. The second-order valence-electron chi connectivity index (χ2n) is 8.16. The highest BCUT2D eigenvalue weighted by molar-refractivity contribution is 6.33. The van der Waals surface area contributed by atoms with Crippen LogP contribution in [0.3, 0.4) is 0 Å².